The third kappa shape index (κ3) is 2.66. The highest BCUT2D eigenvalue weighted by Crippen LogP contribution is 2.32. The first-order valence-electron chi connectivity index (χ1n) is 6.79. The van der Waals surface area contributed by atoms with Gasteiger partial charge in [-0.25, -0.2) is 13.1 Å². The fourth-order valence-corrected chi connectivity index (χ4v) is 3.68. The summed E-state index contributed by atoms with van der Waals surface area (Å²) in [7, 11) is -3.56. The minimum atomic E-state index is -3.56. The Morgan fingerprint density at radius 1 is 1.10 bits per heavy atom. The highest BCUT2D eigenvalue weighted by Gasteiger charge is 2.28. The van der Waals surface area contributed by atoms with Gasteiger partial charge in [-0.05, 0) is 43.2 Å². The van der Waals surface area contributed by atoms with E-state index in [1.54, 1.807) is 12.1 Å². The number of hydrogen-bond acceptors (Lipinski definition) is 3. The molecule has 0 aliphatic carbocycles. The lowest BCUT2D eigenvalue weighted by atomic mass is 10.1. The lowest BCUT2D eigenvalue weighted by molar-refractivity contribution is 0.325. The summed E-state index contributed by atoms with van der Waals surface area (Å²) in [6.45, 7) is 4.19. The van der Waals surface area contributed by atoms with Crippen LogP contribution < -0.4 is 9.46 Å². The smallest absolute Gasteiger partial charge is 0.241 e. The maximum Gasteiger partial charge on any atom is 0.241 e. The molecule has 0 spiro atoms. The average molecular weight is 303 g/mol. The standard InChI is InChI=1S/C16H17NO3S/c1-11-7-8-13(9-12(11)2)21(18,19)17-15-10-20-16-6-4-3-5-14(15)16/h3-9,15,17H,10H2,1-2H3. The first-order chi connectivity index (χ1) is 9.97. The van der Waals surface area contributed by atoms with E-state index in [1.807, 2.05) is 44.2 Å². The van der Waals surface area contributed by atoms with E-state index in [9.17, 15) is 8.42 Å². The zero-order valence-corrected chi connectivity index (χ0v) is 12.8. The minimum absolute atomic E-state index is 0.287. The normalized spacial score (nSPS) is 17.3. The summed E-state index contributed by atoms with van der Waals surface area (Å²) in [5.41, 5.74) is 2.91. The maximum atomic E-state index is 12.5. The third-order valence-corrected chi connectivity index (χ3v) is 5.26. The maximum absolute atomic E-state index is 12.5. The highest BCUT2D eigenvalue weighted by molar-refractivity contribution is 7.89. The van der Waals surface area contributed by atoms with E-state index < -0.39 is 10.0 Å². The molecule has 1 unspecified atom stereocenters. The Morgan fingerprint density at radius 3 is 2.62 bits per heavy atom. The monoisotopic (exact) mass is 303 g/mol. The number of para-hydroxylation sites is 1. The molecule has 2 aromatic carbocycles. The molecule has 21 heavy (non-hydrogen) atoms. The van der Waals surface area contributed by atoms with E-state index in [0.717, 1.165) is 22.4 Å². The Balaban J connectivity index is 1.89. The summed E-state index contributed by atoms with van der Waals surface area (Å²) in [5.74, 6) is 0.741. The van der Waals surface area contributed by atoms with Crippen molar-refractivity contribution in [1.29, 1.82) is 0 Å². The van der Waals surface area contributed by atoms with E-state index in [4.69, 9.17) is 4.74 Å². The Kier molecular flexibility index (Phi) is 3.47. The second-order valence-corrected chi connectivity index (χ2v) is 6.98. The number of aryl methyl sites for hydroxylation is 2. The lowest BCUT2D eigenvalue weighted by Gasteiger charge is -2.13. The Bertz CT molecular complexity index is 784. The van der Waals surface area contributed by atoms with Crippen LogP contribution in [0.3, 0.4) is 0 Å². The number of rotatable bonds is 3. The molecule has 1 aliphatic heterocycles. The van der Waals surface area contributed by atoms with Gasteiger partial charge in [0.1, 0.15) is 12.4 Å². The number of fused-ring (bicyclic) bond motifs is 1. The predicted octanol–water partition coefficient (Wildman–Crippen LogP) is 2.72. The van der Waals surface area contributed by atoms with Gasteiger partial charge < -0.3 is 4.74 Å². The first kappa shape index (κ1) is 14.1. The van der Waals surface area contributed by atoms with Gasteiger partial charge in [0.15, 0.2) is 0 Å². The SMILES string of the molecule is Cc1ccc(S(=O)(=O)NC2COc3ccccc32)cc1C. The van der Waals surface area contributed by atoms with Crippen molar-refractivity contribution in [3.63, 3.8) is 0 Å². The van der Waals surface area contributed by atoms with Gasteiger partial charge in [-0.3, -0.25) is 0 Å². The van der Waals surface area contributed by atoms with Gasteiger partial charge in [0.25, 0.3) is 0 Å². The van der Waals surface area contributed by atoms with E-state index in [2.05, 4.69) is 4.72 Å². The molecule has 0 radical (unpaired) electrons. The van der Waals surface area contributed by atoms with Crippen molar-refractivity contribution in [2.75, 3.05) is 6.61 Å². The molecule has 1 atom stereocenters. The van der Waals surface area contributed by atoms with Gasteiger partial charge in [-0.1, -0.05) is 24.3 Å². The molecule has 0 saturated heterocycles. The van der Waals surface area contributed by atoms with Crippen molar-refractivity contribution in [3.8, 4) is 5.75 Å². The summed E-state index contributed by atoms with van der Waals surface area (Å²) in [5, 5.41) is 0. The number of sulfonamides is 1. The van der Waals surface area contributed by atoms with Gasteiger partial charge in [0, 0.05) is 5.56 Å². The number of hydrogen-bond donors (Lipinski definition) is 1. The van der Waals surface area contributed by atoms with Crippen molar-refractivity contribution in [2.45, 2.75) is 24.8 Å². The van der Waals surface area contributed by atoms with E-state index in [1.165, 1.54) is 0 Å². The van der Waals surface area contributed by atoms with Crippen LogP contribution in [0.2, 0.25) is 0 Å². The predicted molar refractivity (Wildman–Crippen MR) is 80.9 cm³/mol. The van der Waals surface area contributed by atoms with Crippen LogP contribution >= 0.6 is 0 Å². The van der Waals surface area contributed by atoms with Gasteiger partial charge in [-0.2, -0.15) is 0 Å². The molecule has 3 rings (SSSR count). The van der Waals surface area contributed by atoms with Gasteiger partial charge in [0.2, 0.25) is 10.0 Å². The van der Waals surface area contributed by atoms with Crippen LogP contribution in [-0.2, 0) is 10.0 Å². The summed E-state index contributed by atoms with van der Waals surface area (Å²) in [6, 6.07) is 12.3. The van der Waals surface area contributed by atoms with Crippen molar-refractivity contribution >= 4 is 10.0 Å². The molecule has 0 fully saturated rings. The lowest BCUT2D eigenvalue weighted by Crippen LogP contribution is -2.29. The molecule has 110 valence electrons. The van der Waals surface area contributed by atoms with E-state index in [0.29, 0.717) is 6.61 Å². The molecule has 2 aromatic rings. The van der Waals surface area contributed by atoms with Crippen molar-refractivity contribution < 1.29 is 13.2 Å². The van der Waals surface area contributed by atoms with Crippen molar-refractivity contribution in [1.82, 2.24) is 4.72 Å². The average Bonchev–Trinajstić information content (AvgIpc) is 2.85. The zero-order valence-electron chi connectivity index (χ0n) is 12.0. The van der Waals surface area contributed by atoms with E-state index >= 15 is 0 Å². The zero-order chi connectivity index (χ0) is 15.0. The minimum Gasteiger partial charge on any atom is -0.491 e. The van der Waals surface area contributed by atoms with Gasteiger partial charge >= 0.3 is 0 Å². The second kappa shape index (κ2) is 5.16. The van der Waals surface area contributed by atoms with Crippen molar-refractivity contribution in [3.05, 3.63) is 59.2 Å². The Hall–Kier alpha value is -1.85. The largest absolute Gasteiger partial charge is 0.491 e. The topological polar surface area (TPSA) is 55.4 Å². The fourth-order valence-electron chi connectivity index (χ4n) is 2.40. The molecule has 0 bridgehead atoms. The molecule has 1 N–H and O–H groups in total. The number of benzene rings is 2. The van der Waals surface area contributed by atoms with Crippen LogP contribution in [0, 0.1) is 13.8 Å². The number of nitrogens with one attached hydrogen (secondary N) is 1. The second-order valence-electron chi connectivity index (χ2n) is 5.27. The molecule has 1 heterocycles. The van der Waals surface area contributed by atoms with Gasteiger partial charge in [-0.15, -0.1) is 0 Å². The summed E-state index contributed by atoms with van der Waals surface area (Å²) >= 11 is 0. The molecule has 1 aliphatic rings. The molecular weight excluding hydrogens is 286 g/mol. The van der Waals surface area contributed by atoms with Crippen LogP contribution in [-0.4, -0.2) is 15.0 Å². The molecular formula is C16H17NO3S. The van der Waals surface area contributed by atoms with Crippen LogP contribution in [0.25, 0.3) is 0 Å². The first-order valence-corrected chi connectivity index (χ1v) is 8.27. The van der Waals surface area contributed by atoms with Gasteiger partial charge in [0.05, 0.1) is 10.9 Å². The third-order valence-electron chi connectivity index (χ3n) is 3.79. The van der Waals surface area contributed by atoms with Crippen LogP contribution in [0.15, 0.2) is 47.4 Å². The summed E-state index contributed by atoms with van der Waals surface area (Å²) < 4.78 is 33.2. The molecule has 0 amide bonds. The number of ether oxygens (including phenoxy) is 1. The molecule has 0 aromatic heterocycles. The van der Waals surface area contributed by atoms with Crippen LogP contribution in [0.5, 0.6) is 5.75 Å². The van der Waals surface area contributed by atoms with Crippen molar-refractivity contribution in [2.24, 2.45) is 0 Å². The summed E-state index contributed by atoms with van der Waals surface area (Å²) in [6.07, 6.45) is 0. The Morgan fingerprint density at radius 2 is 1.86 bits per heavy atom. The molecule has 0 saturated carbocycles. The highest BCUT2D eigenvalue weighted by atomic mass is 32.2. The fraction of sp³-hybridized carbons (Fsp3) is 0.250. The molecule has 5 heteroatoms. The quantitative estimate of drug-likeness (QED) is 0.948. The molecule has 4 nitrogen and oxygen atoms in total. The van der Waals surface area contributed by atoms with Crippen LogP contribution in [0.1, 0.15) is 22.7 Å². The summed E-state index contributed by atoms with van der Waals surface area (Å²) in [4.78, 5) is 0.287. The van der Waals surface area contributed by atoms with E-state index in [-0.39, 0.29) is 10.9 Å². The Labute approximate surface area is 124 Å². The van der Waals surface area contributed by atoms with Crippen LogP contribution in [0.4, 0.5) is 0 Å².